The molecule has 1 saturated heterocycles. The van der Waals surface area contributed by atoms with Crippen molar-refractivity contribution in [2.24, 2.45) is 0 Å². The Morgan fingerprint density at radius 2 is 2.36 bits per heavy atom. The number of benzene rings is 1. The molecule has 6 heteroatoms. The summed E-state index contributed by atoms with van der Waals surface area (Å²) in [5.74, 6) is 0.757. The van der Waals surface area contributed by atoms with E-state index >= 15 is 0 Å². The number of likely N-dealkylation sites (tertiary alicyclic amines) is 1. The molecular weight excluding hydrogens is 282 g/mol. The molecular formula is C16H19N3O3. The minimum absolute atomic E-state index is 0.348. The van der Waals surface area contributed by atoms with Gasteiger partial charge in [-0.2, -0.15) is 4.98 Å². The van der Waals surface area contributed by atoms with E-state index in [1.54, 1.807) is 19.1 Å². The molecule has 1 aliphatic rings. The first-order valence-corrected chi connectivity index (χ1v) is 7.46. The van der Waals surface area contributed by atoms with Gasteiger partial charge in [0.15, 0.2) is 5.82 Å². The Hall–Kier alpha value is -2.21. The van der Waals surface area contributed by atoms with Gasteiger partial charge in [0.2, 0.25) is 5.89 Å². The molecule has 1 N–H and O–H groups in total. The quantitative estimate of drug-likeness (QED) is 0.934. The van der Waals surface area contributed by atoms with Gasteiger partial charge in [-0.25, -0.2) is 4.79 Å². The van der Waals surface area contributed by atoms with Crippen LogP contribution in [0.4, 0.5) is 0 Å². The Labute approximate surface area is 128 Å². The van der Waals surface area contributed by atoms with E-state index in [-0.39, 0.29) is 0 Å². The van der Waals surface area contributed by atoms with Crippen LogP contribution < -0.4 is 0 Å². The molecule has 0 bridgehead atoms. The summed E-state index contributed by atoms with van der Waals surface area (Å²) in [5.41, 5.74) is 1.44. The number of aromatic carboxylic acids is 1. The van der Waals surface area contributed by atoms with Gasteiger partial charge in [0.05, 0.1) is 12.1 Å². The van der Waals surface area contributed by atoms with Crippen LogP contribution in [0.5, 0.6) is 0 Å². The highest BCUT2D eigenvalue weighted by Crippen LogP contribution is 2.28. The van der Waals surface area contributed by atoms with E-state index < -0.39 is 5.97 Å². The van der Waals surface area contributed by atoms with Crippen molar-refractivity contribution < 1.29 is 14.4 Å². The molecule has 0 amide bonds. The highest BCUT2D eigenvalue weighted by atomic mass is 16.5. The SMILES string of the molecule is Cc1nc(CN2CCC[C@H](c3cccc(C(=O)O)c3)C2)no1. The zero-order valence-electron chi connectivity index (χ0n) is 12.5. The third-order valence-electron chi connectivity index (χ3n) is 4.05. The molecule has 1 aromatic heterocycles. The van der Waals surface area contributed by atoms with Crippen LogP contribution in [0, 0.1) is 6.92 Å². The van der Waals surface area contributed by atoms with Crippen LogP contribution >= 0.6 is 0 Å². The topological polar surface area (TPSA) is 79.5 Å². The Morgan fingerprint density at radius 3 is 3.09 bits per heavy atom. The summed E-state index contributed by atoms with van der Waals surface area (Å²) < 4.78 is 5.01. The molecule has 3 rings (SSSR count). The van der Waals surface area contributed by atoms with Crippen molar-refractivity contribution in [1.29, 1.82) is 0 Å². The molecule has 0 aliphatic carbocycles. The molecule has 1 atom stereocenters. The fraction of sp³-hybridized carbons (Fsp3) is 0.438. The number of aromatic nitrogens is 2. The molecule has 0 unspecified atom stereocenters. The second kappa shape index (κ2) is 6.27. The predicted molar refractivity (Wildman–Crippen MR) is 79.7 cm³/mol. The zero-order chi connectivity index (χ0) is 15.5. The lowest BCUT2D eigenvalue weighted by atomic mass is 9.89. The molecule has 6 nitrogen and oxygen atoms in total. The van der Waals surface area contributed by atoms with E-state index in [0.717, 1.165) is 31.5 Å². The van der Waals surface area contributed by atoms with E-state index in [1.807, 2.05) is 12.1 Å². The highest BCUT2D eigenvalue weighted by molar-refractivity contribution is 5.87. The zero-order valence-corrected chi connectivity index (χ0v) is 12.5. The number of rotatable bonds is 4. The maximum atomic E-state index is 11.1. The standard InChI is InChI=1S/C16H19N3O3/c1-11-17-15(18-22-11)10-19-7-3-6-14(9-19)12-4-2-5-13(8-12)16(20)21/h2,4-5,8,14H,3,6-7,9-10H2,1H3,(H,20,21)/t14-/m0/s1. The third kappa shape index (κ3) is 3.33. The Bertz CT molecular complexity index is 668. The van der Waals surface area contributed by atoms with Crippen molar-refractivity contribution >= 4 is 5.97 Å². The van der Waals surface area contributed by atoms with Gasteiger partial charge in [-0.15, -0.1) is 0 Å². The number of nitrogens with zero attached hydrogens (tertiary/aromatic N) is 3. The van der Waals surface area contributed by atoms with Gasteiger partial charge < -0.3 is 9.63 Å². The molecule has 1 fully saturated rings. The monoisotopic (exact) mass is 301 g/mol. The molecule has 2 heterocycles. The Kier molecular flexibility index (Phi) is 4.20. The van der Waals surface area contributed by atoms with Crippen LogP contribution in [0.25, 0.3) is 0 Å². The van der Waals surface area contributed by atoms with Gasteiger partial charge >= 0.3 is 5.97 Å². The summed E-state index contributed by atoms with van der Waals surface area (Å²) in [6.45, 7) is 4.35. The second-order valence-electron chi connectivity index (χ2n) is 5.73. The number of hydrogen-bond donors (Lipinski definition) is 1. The van der Waals surface area contributed by atoms with Crippen LogP contribution in [0.15, 0.2) is 28.8 Å². The lowest BCUT2D eigenvalue weighted by Gasteiger charge is -2.32. The van der Waals surface area contributed by atoms with Gasteiger partial charge in [-0.05, 0) is 43.0 Å². The normalized spacial score (nSPS) is 19.2. The summed E-state index contributed by atoms with van der Waals surface area (Å²) >= 11 is 0. The van der Waals surface area contributed by atoms with Crippen LogP contribution in [-0.2, 0) is 6.54 Å². The first-order chi connectivity index (χ1) is 10.6. The molecule has 2 aromatic rings. The number of hydrogen-bond acceptors (Lipinski definition) is 5. The molecule has 22 heavy (non-hydrogen) atoms. The van der Waals surface area contributed by atoms with Crippen molar-refractivity contribution in [3.8, 4) is 0 Å². The van der Waals surface area contributed by atoms with Gasteiger partial charge in [-0.1, -0.05) is 17.3 Å². The van der Waals surface area contributed by atoms with Gasteiger partial charge in [0, 0.05) is 13.5 Å². The van der Waals surface area contributed by atoms with Gasteiger partial charge in [0.1, 0.15) is 0 Å². The highest BCUT2D eigenvalue weighted by Gasteiger charge is 2.23. The molecule has 0 radical (unpaired) electrons. The predicted octanol–water partition coefficient (Wildman–Crippen LogP) is 2.46. The van der Waals surface area contributed by atoms with Gasteiger partial charge in [0.25, 0.3) is 0 Å². The Balaban J connectivity index is 1.70. The molecule has 0 spiro atoms. The summed E-state index contributed by atoms with van der Waals surface area (Å²) in [5, 5.41) is 13.1. The van der Waals surface area contributed by atoms with Crippen LogP contribution in [0.3, 0.4) is 0 Å². The minimum atomic E-state index is -0.878. The summed E-state index contributed by atoms with van der Waals surface area (Å²) in [6, 6.07) is 7.25. The maximum absolute atomic E-state index is 11.1. The van der Waals surface area contributed by atoms with E-state index in [2.05, 4.69) is 15.0 Å². The molecule has 0 saturated carbocycles. The van der Waals surface area contributed by atoms with E-state index in [9.17, 15) is 4.79 Å². The summed E-state index contributed by atoms with van der Waals surface area (Å²) in [6.07, 6.45) is 2.16. The number of carbonyl (C=O) groups is 1. The number of piperidine rings is 1. The fourth-order valence-electron chi connectivity index (χ4n) is 3.00. The first-order valence-electron chi connectivity index (χ1n) is 7.46. The van der Waals surface area contributed by atoms with Crippen molar-refractivity contribution in [3.63, 3.8) is 0 Å². The molecule has 1 aliphatic heterocycles. The average Bonchev–Trinajstić information content (AvgIpc) is 2.93. The van der Waals surface area contributed by atoms with E-state index in [1.165, 1.54) is 0 Å². The number of aryl methyl sites for hydroxylation is 1. The third-order valence-corrected chi connectivity index (χ3v) is 4.05. The van der Waals surface area contributed by atoms with Gasteiger partial charge in [-0.3, -0.25) is 4.90 Å². The summed E-state index contributed by atoms with van der Waals surface area (Å²) in [4.78, 5) is 17.6. The van der Waals surface area contributed by atoms with Crippen molar-refractivity contribution in [2.75, 3.05) is 13.1 Å². The van der Waals surface area contributed by atoms with Crippen molar-refractivity contribution in [2.45, 2.75) is 32.2 Å². The van der Waals surface area contributed by atoms with E-state index in [0.29, 0.717) is 29.7 Å². The average molecular weight is 301 g/mol. The smallest absolute Gasteiger partial charge is 0.335 e. The summed E-state index contributed by atoms with van der Waals surface area (Å²) in [7, 11) is 0. The second-order valence-corrected chi connectivity index (χ2v) is 5.73. The van der Waals surface area contributed by atoms with Crippen LogP contribution in [0.1, 0.15) is 46.4 Å². The molecule has 1 aromatic carbocycles. The van der Waals surface area contributed by atoms with Crippen molar-refractivity contribution in [3.05, 3.63) is 47.1 Å². The number of carboxylic acid groups (broad SMARTS) is 1. The lowest BCUT2D eigenvalue weighted by molar-refractivity contribution is 0.0696. The van der Waals surface area contributed by atoms with E-state index in [4.69, 9.17) is 9.63 Å². The fourth-order valence-corrected chi connectivity index (χ4v) is 3.00. The van der Waals surface area contributed by atoms with Crippen molar-refractivity contribution in [1.82, 2.24) is 15.0 Å². The Morgan fingerprint density at radius 1 is 1.50 bits per heavy atom. The van der Waals surface area contributed by atoms with Crippen LogP contribution in [0.2, 0.25) is 0 Å². The maximum Gasteiger partial charge on any atom is 0.335 e. The lowest BCUT2D eigenvalue weighted by Crippen LogP contribution is -2.34. The van der Waals surface area contributed by atoms with Crippen LogP contribution in [-0.4, -0.2) is 39.2 Å². The largest absolute Gasteiger partial charge is 0.478 e. The first kappa shape index (κ1) is 14.7. The number of carboxylic acids is 1. The minimum Gasteiger partial charge on any atom is -0.478 e. The molecule has 116 valence electrons.